The zero-order valence-electron chi connectivity index (χ0n) is 16.1. The van der Waals surface area contributed by atoms with Crippen LogP contribution >= 0.6 is 0 Å². The Morgan fingerprint density at radius 2 is 1.56 bits per heavy atom. The quantitative estimate of drug-likeness (QED) is 0.862. The van der Waals surface area contributed by atoms with Crippen LogP contribution in [0.25, 0.3) is 0 Å². The first-order chi connectivity index (χ1) is 12.8. The minimum atomic E-state index is -3.55. The van der Waals surface area contributed by atoms with Crippen LogP contribution in [0.15, 0.2) is 41.3 Å². The summed E-state index contributed by atoms with van der Waals surface area (Å²) < 4.78 is 27.6. The molecule has 1 amide bonds. The van der Waals surface area contributed by atoms with Crippen molar-refractivity contribution in [1.29, 1.82) is 0 Å². The number of carbonyl (C=O) groups is 1. The average molecular weight is 387 g/mol. The van der Waals surface area contributed by atoms with Gasteiger partial charge in [-0.1, -0.05) is 18.6 Å². The van der Waals surface area contributed by atoms with Crippen LogP contribution in [0.1, 0.15) is 46.3 Å². The van der Waals surface area contributed by atoms with Crippen LogP contribution < -0.4 is 5.32 Å². The van der Waals surface area contributed by atoms with Gasteiger partial charge in [0.2, 0.25) is 10.0 Å². The fraction of sp³-hybridized carbons (Fsp3) is 0.381. The Hall–Kier alpha value is -2.18. The maximum Gasteiger partial charge on any atom is 0.255 e. The van der Waals surface area contributed by atoms with E-state index in [0.29, 0.717) is 29.9 Å². The highest BCUT2D eigenvalue weighted by atomic mass is 32.2. The van der Waals surface area contributed by atoms with E-state index >= 15 is 0 Å². The molecule has 0 saturated carbocycles. The summed E-state index contributed by atoms with van der Waals surface area (Å²) in [5, 5.41) is 2.83. The van der Waals surface area contributed by atoms with Gasteiger partial charge in [0.1, 0.15) is 0 Å². The molecule has 0 aromatic heterocycles. The predicted molar refractivity (Wildman–Crippen MR) is 108 cm³/mol. The molecule has 0 atom stereocenters. The van der Waals surface area contributed by atoms with E-state index in [1.807, 2.05) is 26.0 Å². The summed E-state index contributed by atoms with van der Waals surface area (Å²) in [4.78, 5) is 12.8. The molecule has 27 heavy (non-hydrogen) atoms. The molecule has 0 radical (unpaired) electrons. The predicted octanol–water partition coefficient (Wildman–Crippen LogP) is 4.04. The summed E-state index contributed by atoms with van der Waals surface area (Å²) in [5.74, 6) is -0.247. The van der Waals surface area contributed by atoms with Gasteiger partial charge in [-0.25, -0.2) is 8.42 Å². The van der Waals surface area contributed by atoms with E-state index in [1.165, 1.54) is 0 Å². The maximum absolute atomic E-state index is 13.0. The topological polar surface area (TPSA) is 66.5 Å². The van der Waals surface area contributed by atoms with Crippen molar-refractivity contribution in [3.05, 3.63) is 58.7 Å². The highest BCUT2D eigenvalue weighted by Crippen LogP contribution is 2.26. The summed E-state index contributed by atoms with van der Waals surface area (Å²) >= 11 is 0. The molecule has 0 bridgehead atoms. The van der Waals surface area contributed by atoms with Crippen molar-refractivity contribution in [1.82, 2.24) is 4.31 Å². The molecular weight excluding hydrogens is 360 g/mol. The zero-order valence-corrected chi connectivity index (χ0v) is 16.9. The first-order valence-electron chi connectivity index (χ1n) is 9.28. The van der Waals surface area contributed by atoms with Crippen LogP contribution in [0, 0.1) is 20.8 Å². The lowest BCUT2D eigenvalue weighted by Crippen LogP contribution is -2.36. The number of piperidine rings is 1. The number of aryl methyl sites for hydroxylation is 3. The first-order valence-corrected chi connectivity index (χ1v) is 10.7. The normalized spacial score (nSPS) is 15.5. The smallest absolute Gasteiger partial charge is 0.255 e. The van der Waals surface area contributed by atoms with Gasteiger partial charge >= 0.3 is 0 Å². The second-order valence-electron chi connectivity index (χ2n) is 7.20. The molecule has 144 valence electrons. The molecule has 1 saturated heterocycles. The third-order valence-electron chi connectivity index (χ3n) is 5.15. The minimum Gasteiger partial charge on any atom is -0.322 e. The monoisotopic (exact) mass is 386 g/mol. The van der Waals surface area contributed by atoms with E-state index in [2.05, 4.69) is 5.32 Å². The number of rotatable bonds is 4. The van der Waals surface area contributed by atoms with Gasteiger partial charge < -0.3 is 5.32 Å². The lowest BCUT2D eigenvalue weighted by atomic mass is 10.1. The molecule has 6 heteroatoms. The Morgan fingerprint density at radius 3 is 2.22 bits per heavy atom. The van der Waals surface area contributed by atoms with Gasteiger partial charge in [-0.2, -0.15) is 4.31 Å². The van der Waals surface area contributed by atoms with Crippen LogP contribution in [0.2, 0.25) is 0 Å². The van der Waals surface area contributed by atoms with Crippen LogP contribution in [-0.2, 0) is 10.0 Å². The summed E-state index contributed by atoms with van der Waals surface area (Å²) in [7, 11) is -3.55. The highest BCUT2D eigenvalue weighted by Gasteiger charge is 2.27. The third-order valence-corrected chi connectivity index (χ3v) is 7.19. The molecule has 3 rings (SSSR count). The largest absolute Gasteiger partial charge is 0.322 e. The molecule has 1 aliphatic rings. The molecule has 2 aromatic carbocycles. The Balaban J connectivity index is 1.86. The number of amides is 1. The number of sulfonamides is 1. The van der Waals surface area contributed by atoms with E-state index in [4.69, 9.17) is 0 Å². The molecular formula is C21H26N2O3S. The van der Waals surface area contributed by atoms with E-state index < -0.39 is 10.0 Å². The number of hydrogen-bond acceptors (Lipinski definition) is 3. The Morgan fingerprint density at radius 1 is 0.889 bits per heavy atom. The molecule has 2 aromatic rings. The maximum atomic E-state index is 13.0. The van der Waals surface area contributed by atoms with Crippen molar-refractivity contribution in [3.8, 4) is 0 Å². The molecule has 0 unspecified atom stereocenters. The SMILES string of the molecule is Cc1ccc(C(=O)Nc2ccc(C)c(S(=O)(=O)N3CCCCC3)c2)cc1C. The first kappa shape index (κ1) is 19.6. The van der Waals surface area contributed by atoms with Crippen LogP contribution in [0.3, 0.4) is 0 Å². The standard InChI is InChI=1S/C21H26N2O3S/c1-15-7-9-18(13-17(15)3)21(24)22-19-10-8-16(2)20(14-19)27(25,26)23-11-5-4-6-12-23/h7-10,13-14H,4-6,11-12H2,1-3H3,(H,22,24). The second kappa shape index (κ2) is 7.82. The van der Waals surface area contributed by atoms with Crippen LogP contribution in [0.5, 0.6) is 0 Å². The molecule has 1 fully saturated rings. The van der Waals surface area contributed by atoms with Crippen molar-refractivity contribution < 1.29 is 13.2 Å². The van der Waals surface area contributed by atoms with Crippen molar-refractivity contribution >= 4 is 21.6 Å². The van der Waals surface area contributed by atoms with Crippen molar-refractivity contribution in [2.24, 2.45) is 0 Å². The number of hydrogen-bond donors (Lipinski definition) is 1. The number of benzene rings is 2. The Kier molecular flexibility index (Phi) is 5.67. The van der Waals surface area contributed by atoms with Gasteiger partial charge in [0.15, 0.2) is 0 Å². The Labute approximate surface area is 161 Å². The number of nitrogens with one attached hydrogen (secondary N) is 1. The van der Waals surface area contributed by atoms with Crippen molar-refractivity contribution in [3.63, 3.8) is 0 Å². The summed E-state index contributed by atoms with van der Waals surface area (Å²) in [6, 6.07) is 10.6. The van der Waals surface area contributed by atoms with Gasteiger partial charge in [0.25, 0.3) is 5.91 Å². The lowest BCUT2D eigenvalue weighted by molar-refractivity contribution is 0.102. The summed E-state index contributed by atoms with van der Waals surface area (Å²) in [6.45, 7) is 6.85. The zero-order chi connectivity index (χ0) is 19.6. The van der Waals surface area contributed by atoms with E-state index in [9.17, 15) is 13.2 Å². The highest BCUT2D eigenvalue weighted by molar-refractivity contribution is 7.89. The molecule has 1 N–H and O–H groups in total. The van der Waals surface area contributed by atoms with E-state index in [0.717, 1.165) is 30.4 Å². The van der Waals surface area contributed by atoms with Gasteiger partial charge in [-0.3, -0.25) is 4.79 Å². The van der Waals surface area contributed by atoms with Gasteiger partial charge in [0, 0.05) is 24.3 Å². The second-order valence-corrected chi connectivity index (χ2v) is 9.10. The minimum absolute atomic E-state index is 0.247. The molecule has 5 nitrogen and oxygen atoms in total. The number of carbonyl (C=O) groups excluding carboxylic acids is 1. The Bertz CT molecular complexity index is 961. The van der Waals surface area contributed by atoms with Crippen molar-refractivity contribution in [2.75, 3.05) is 18.4 Å². The van der Waals surface area contributed by atoms with Crippen molar-refractivity contribution in [2.45, 2.75) is 44.9 Å². The lowest BCUT2D eigenvalue weighted by Gasteiger charge is -2.26. The van der Waals surface area contributed by atoms with Crippen LogP contribution in [-0.4, -0.2) is 31.7 Å². The molecule has 1 heterocycles. The van der Waals surface area contributed by atoms with Crippen LogP contribution in [0.4, 0.5) is 5.69 Å². The molecule has 1 aliphatic heterocycles. The third kappa shape index (κ3) is 4.22. The van der Waals surface area contributed by atoms with Gasteiger partial charge in [-0.15, -0.1) is 0 Å². The summed E-state index contributed by atoms with van der Waals surface area (Å²) in [5.41, 5.74) is 3.89. The summed E-state index contributed by atoms with van der Waals surface area (Å²) in [6.07, 6.45) is 2.85. The number of nitrogens with zero attached hydrogens (tertiary/aromatic N) is 1. The fourth-order valence-corrected chi connectivity index (χ4v) is 5.05. The molecule has 0 aliphatic carbocycles. The number of anilines is 1. The van der Waals surface area contributed by atoms with Gasteiger partial charge in [0.05, 0.1) is 4.90 Å². The average Bonchev–Trinajstić information content (AvgIpc) is 2.66. The van der Waals surface area contributed by atoms with Gasteiger partial charge in [-0.05, 0) is 74.6 Å². The fourth-order valence-electron chi connectivity index (χ4n) is 3.29. The van der Waals surface area contributed by atoms with E-state index in [-0.39, 0.29) is 10.8 Å². The van der Waals surface area contributed by atoms with E-state index in [1.54, 1.807) is 35.5 Å². The molecule has 0 spiro atoms.